The van der Waals surface area contributed by atoms with E-state index in [1.165, 1.54) is 0 Å². The van der Waals surface area contributed by atoms with Gasteiger partial charge in [-0.05, 0) is 0 Å². The van der Waals surface area contributed by atoms with Crippen LogP contribution in [0.4, 0.5) is 0 Å². The Labute approximate surface area is 72.5 Å². The Morgan fingerprint density at radius 1 is 0.833 bits per heavy atom. The summed E-state index contributed by atoms with van der Waals surface area (Å²) in [6.45, 7) is 4.31. The molecule has 4 fully saturated rings. The Balaban J connectivity index is 2.00. The van der Waals surface area contributed by atoms with Crippen molar-refractivity contribution in [2.75, 3.05) is 45.3 Å². The second kappa shape index (κ2) is 2.32. The Hall–Kier alpha value is 0.110. The maximum atomic E-state index is 12.2. The molecule has 68 valence electrons. The highest BCUT2D eigenvalue weighted by Gasteiger charge is 2.42. The third kappa shape index (κ3) is 1.06. The molecule has 0 aromatic heterocycles. The summed E-state index contributed by atoms with van der Waals surface area (Å²) in [6, 6.07) is 0. The van der Waals surface area contributed by atoms with Crippen LogP contribution >= 0.6 is 7.14 Å². The first-order valence-electron chi connectivity index (χ1n) is 4.48. The molecule has 4 rings (SSSR count). The van der Waals surface area contributed by atoms with Crippen LogP contribution in [0.25, 0.3) is 0 Å². The summed E-state index contributed by atoms with van der Waals surface area (Å²) in [7, 11) is -1.84. The highest BCUT2D eigenvalue weighted by molar-refractivity contribution is 7.63. The number of hydrogen-bond donors (Lipinski definition) is 0. The number of fused-ring (bicyclic) bond motifs is 1. The van der Waals surface area contributed by atoms with Crippen molar-refractivity contribution < 1.29 is 4.57 Å². The Bertz CT molecular complexity index is 237. The van der Waals surface area contributed by atoms with Gasteiger partial charge in [0, 0.05) is 13.1 Å². The fraction of sp³-hybridized carbons (Fsp3) is 1.00. The minimum atomic E-state index is -1.84. The second-order valence-electron chi connectivity index (χ2n) is 4.22. The van der Waals surface area contributed by atoms with Gasteiger partial charge in [0.2, 0.25) is 0 Å². The summed E-state index contributed by atoms with van der Waals surface area (Å²) in [6.07, 6.45) is 2.62. The fourth-order valence-electron chi connectivity index (χ4n) is 2.58. The van der Waals surface area contributed by atoms with Gasteiger partial charge in [0.25, 0.3) is 0 Å². The highest BCUT2D eigenvalue weighted by Crippen LogP contribution is 2.53. The molecule has 4 nitrogen and oxygen atoms in total. The lowest BCUT2D eigenvalue weighted by Gasteiger charge is -2.43. The van der Waals surface area contributed by atoms with Gasteiger partial charge < -0.3 is 4.57 Å². The Morgan fingerprint density at radius 2 is 1.33 bits per heavy atom. The zero-order valence-corrected chi connectivity index (χ0v) is 8.04. The monoisotopic (exact) mass is 187 g/mol. The average Bonchev–Trinajstić information content (AvgIpc) is 2.14. The van der Waals surface area contributed by atoms with Crippen LogP contribution in [-0.2, 0) is 4.57 Å². The molecule has 0 radical (unpaired) electrons. The quantitative estimate of drug-likeness (QED) is 0.502. The van der Waals surface area contributed by atoms with Crippen LogP contribution < -0.4 is 0 Å². The van der Waals surface area contributed by atoms with Gasteiger partial charge in [-0.25, -0.2) is 0 Å². The topological polar surface area (TPSA) is 26.8 Å². The van der Waals surface area contributed by atoms with Crippen LogP contribution in [0, 0.1) is 0 Å². The van der Waals surface area contributed by atoms with E-state index in [1.54, 1.807) is 0 Å². The molecule has 0 N–H and O–H groups in total. The first kappa shape index (κ1) is 7.51. The van der Waals surface area contributed by atoms with Crippen LogP contribution in [0.15, 0.2) is 0 Å². The molecule has 4 bridgehead atoms. The third-order valence-corrected chi connectivity index (χ3v) is 5.65. The lowest BCUT2D eigenvalue weighted by molar-refractivity contribution is 0.124. The minimum absolute atomic E-state index is 0.875. The number of nitrogens with zero attached hydrogens (tertiary/aromatic N) is 3. The Morgan fingerprint density at radius 3 is 1.83 bits per heavy atom. The molecule has 0 aliphatic carbocycles. The Kier molecular flexibility index (Phi) is 1.45. The molecule has 4 aliphatic heterocycles. The average molecular weight is 187 g/mol. The van der Waals surface area contributed by atoms with Crippen molar-refractivity contribution in [3.05, 3.63) is 0 Å². The molecule has 0 spiro atoms. The standard InChI is InChI=1S/C7H14N3OP/c11-12-5-8-1-2-9(6-12)4-10(3-8)7-12/h1-7H2. The van der Waals surface area contributed by atoms with E-state index in [0.29, 0.717) is 0 Å². The van der Waals surface area contributed by atoms with Crippen LogP contribution in [0.3, 0.4) is 0 Å². The summed E-state index contributed by atoms with van der Waals surface area (Å²) in [5, 5.41) is 0. The molecule has 5 heteroatoms. The predicted molar refractivity (Wildman–Crippen MR) is 47.2 cm³/mol. The molecule has 4 saturated heterocycles. The van der Waals surface area contributed by atoms with Crippen molar-refractivity contribution in [3.63, 3.8) is 0 Å². The lowest BCUT2D eigenvalue weighted by Crippen LogP contribution is -2.49. The smallest absolute Gasteiger partial charge is 0.128 e. The summed E-state index contributed by atoms with van der Waals surface area (Å²) in [5.74, 6) is 0. The zero-order chi connectivity index (χ0) is 8.18. The molecule has 0 aromatic carbocycles. The minimum Gasteiger partial charge on any atom is -0.320 e. The maximum Gasteiger partial charge on any atom is 0.128 e. The van der Waals surface area contributed by atoms with E-state index in [9.17, 15) is 4.57 Å². The van der Waals surface area contributed by atoms with Gasteiger partial charge in [-0.2, -0.15) is 0 Å². The van der Waals surface area contributed by atoms with Crippen LogP contribution in [0.2, 0.25) is 0 Å². The SMILES string of the molecule is O=P12CN3CCN(CN(C3)C1)C2. The van der Waals surface area contributed by atoms with E-state index < -0.39 is 7.14 Å². The molecule has 4 aliphatic rings. The highest BCUT2D eigenvalue weighted by atomic mass is 31.2. The summed E-state index contributed by atoms with van der Waals surface area (Å²) in [4.78, 5) is 7.01. The van der Waals surface area contributed by atoms with Gasteiger partial charge in [-0.1, -0.05) is 0 Å². The van der Waals surface area contributed by atoms with Gasteiger partial charge in [-0.3, -0.25) is 14.7 Å². The number of hydrogen-bond acceptors (Lipinski definition) is 4. The molecule has 0 aromatic rings. The van der Waals surface area contributed by atoms with E-state index in [4.69, 9.17) is 0 Å². The van der Waals surface area contributed by atoms with E-state index in [-0.39, 0.29) is 0 Å². The van der Waals surface area contributed by atoms with E-state index in [2.05, 4.69) is 14.7 Å². The van der Waals surface area contributed by atoms with E-state index in [0.717, 1.165) is 45.3 Å². The first-order valence-corrected chi connectivity index (χ1v) is 6.74. The second-order valence-corrected chi connectivity index (χ2v) is 7.19. The summed E-state index contributed by atoms with van der Waals surface area (Å²) in [5.41, 5.74) is 0. The number of rotatable bonds is 0. The van der Waals surface area contributed by atoms with E-state index >= 15 is 0 Å². The van der Waals surface area contributed by atoms with Gasteiger partial charge in [0.05, 0.1) is 32.2 Å². The van der Waals surface area contributed by atoms with Crippen molar-refractivity contribution in [2.45, 2.75) is 0 Å². The summed E-state index contributed by atoms with van der Waals surface area (Å²) < 4.78 is 12.2. The maximum absolute atomic E-state index is 12.2. The first-order chi connectivity index (χ1) is 5.73. The molecule has 0 saturated carbocycles. The largest absolute Gasteiger partial charge is 0.320 e. The summed E-state index contributed by atoms with van der Waals surface area (Å²) >= 11 is 0. The van der Waals surface area contributed by atoms with Crippen LogP contribution in [-0.4, -0.2) is 60.0 Å². The molecular formula is C7H14N3OP. The van der Waals surface area contributed by atoms with Gasteiger partial charge in [0.15, 0.2) is 0 Å². The third-order valence-electron chi connectivity index (χ3n) is 2.91. The van der Waals surface area contributed by atoms with Gasteiger partial charge in [0.1, 0.15) is 7.14 Å². The molecule has 2 atom stereocenters. The van der Waals surface area contributed by atoms with Crippen molar-refractivity contribution >= 4 is 7.14 Å². The fourth-order valence-corrected chi connectivity index (χ4v) is 5.68. The predicted octanol–water partition coefficient (Wildman–Crippen LogP) is 0.0838. The molecule has 2 unspecified atom stereocenters. The van der Waals surface area contributed by atoms with Crippen molar-refractivity contribution in [1.82, 2.24) is 14.7 Å². The van der Waals surface area contributed by atoms with E-state index in [1.807, 2.05) is 0 Å². The van der Waals surface area contributed by atoms with Gasteiger partial charge >= 0.3 is 0 Å². The molecular weight excluding hydrogens is 173 g/mol. The molecule has 12 heavy (non-hydrogen) atoms. The van der Waals surface area contributed by atoms with Crippen molar-refractivity contribution in [3.8, 4) is 0 Å². The van der Waals surface area contributed by atoms with Gasteiger partial charge in [-0.15, -0.1) is 0 Å². The van der Waals surface area contributed by atoms with Crippen LogP contribution in [0.5, 0.6) is 0 Å². The molecule has 4 heterocycles. The van der Waals surface area contributed by atoms with Crippen LogP contribution in [0.1, 0.15) is 0 Å². The molecule has 0 amide bonds. The normalized spacial score (nSPS) is 57.2. The van der Waals surface area contributed by atoms with Crippen molar-refractivity contribution in [1.29, 1.82) is 0 Å². The lowest BCUT2D eigenvalue weighted by atomic mass is 10.5. The zero-order valence-electron chi connectivity index (χ0n) is 7.15. The van der Waals surface area contributed by atoms with Crippen molar-refractivity contribution in [2.24, 2.45) is 0 Å².